The number of hydrogen-bond acceptors (Lipinski definition) is 5. The summed E-state index contributed by atoms with van der Waals surface area (Å²) in [6, 6.07) is 15.9. The van der Waals surface area contributed by atoms with Gasteiger partial charge in [-0.2, -0.15) is 0 Å². The summed E-state index contributed by atoms with van der Waals surface area (Å²) < 4.78 is 25.4. The number of rotatable bonds is 7. The third-order valence-electron chi connectivity index (χ3n) is 3.85. The lowest BCUT2D eigenvalue weighted by Crippen LogP contribution is -2.40. The van der Waals surface area contributed by atoms with Crippen molar-refractivity contribution in [2.75, 3.05) is 31.8 Å². The van der Waals surface area contributed by atoms with Gasteiger partial charge in [0.2, 0.25) is 0 Å². The molecule has 0 saturated heterocycles. The zero-order valence-corrected chi connectivity index (χ0v) is 15.7. The fourth-order valence-electron chi connectivity index (χ4n) is 2.51. The van der Waals surface area contributed by atoms with Crippen molar-refractivity contribution < 1.29 is 13.9 Å². The Kier molecular flexibility index (Phi) is 6.90. The van der Waals surface area contributed by atoms with Crippen LogP contribution in [0.5, 0.6) is 11.5 Å². The third kappa shape index (κ3) is 5.30. The third-order valence-corrected chi connectivity index (χ3v) is 6.24. The summed E-state index contributed by atoms with van der Waals surface area (Å²) in [5.41, 5.74) is 0. The number of para-hydroxylation sites is 2. The lowest BCUT2D eigenvalue weighted by atomic mass is 10.3. The van der Waals surface area contributed by atoms with Crippen LogP contribution in [0.1, 0.15) is 0 Å². The summed E-state index contributed by atoms with van der Waals surface area (Å²) in [5, 5.41) is 3.30. The number of thioether (sulfide) groups is 2. The van der Waals surface area contributed by atoms with Crippen molar-refractivity contribution in [2.45, 2.75) is 22.0 Å². The molecule has 2 aromatic rings. The Labute approximate surface area is 156 Å². The first-order valence-electron chi connectivity index (χ1n) is 8.24. The molecule has 25 heavy (non-hydrogen) atoms. The fraction of sp³-hybridized carbons (Fsp3) is 0.368. The lowest BCUT2D eigenvalue weighted by molar-refractivity contribution is 0.258. The molecule has 2 atom stereocenters. The van der Waals surface area contributed by atoms with E-state index in [0.29, 0.717) is 18.9 Å². The Hall–Kier alpha value is -1.37. The Morgan fingerprint density at radius 1 is 1.28 bits per heavy atom. The summed E-state index contributed by atoms with van der Waals surface area (Å²) in [6.45, 7) is 0.892. The predicted molar refractivity (Wildman–Crippen MR) is 103 cm³/mol. The van der Waals surface area contributed by atoms with Crippen LogP contribution in [-0.2, 0) is 0 Å². The van der Waals surface area contributed by atoms with Crippen LogP contribution in [-0.4, -0.2) is 44.0 Å². The molecular weight excluding hydrogens is 357 g/mol. The number of methoxy groups -OCH3 is 1. The molecule has 2 aromatic carbocycles. The van der Waals surface area contributed by atoms with Gasteiger partial charge in [0, 0.05) is 27.8 Å². The molecule has 0 saturated carbocycles. The van der Waals surface area contributed by atoms with Crippen LogP contribution in [0.15, 0.2) is 58.3 Å². The molecule has 0 amide bonds. The molecule has 0 unspecified atom stereocenters. The zero-order valence-electron chi connectivity index (χ0n) is 14.1. The Morgan fingerprint density at radius 3 is 2.96 bits per heavy atom. The van der Waals surface area contributed by atoms with Crippen molar-refractivity contribution in [1.29, 1.82) is 0 Å². The molecule has 1 aliphatic heterocycles. The molecule has 0 bridgehead atoms. The van der Waals surface area contributed by atoms with E-state index < -0.39 is 6.17 Å². The van der Waals surface area contributed by atoms with Crippen molar-refractivity contribution in [1.82, 2.24) is 5.32 Å². The predicted octanol–water partition coefficient (Wildman–Crippen LogP) is 4.27. The van der Waals surface area contributed by atoms with Crippen molar-refractivity contribution in [2.24, 2.45) is 0 Å². The largest absolute Gasteiger partial charge is 0.496 e. The quantitative estimate of drug-likeness (QED) is 0.726. The molecule has 6 heteroatoms. The fourth-order valence-corrected chi connectivity index (χ4v) is 4.49. The summed E-state index contributed by atoms with van der Waals surface area (Å²) in [5.74, 6) is 2.98. The highest BCUT2D eigenvalue weighted by atomic mass is 32.2. The van der Waals surface area contributed by atoms with E-state index in [2.05, 4.69) is 11.4 Å². The molecule has 0 spiro atoms. The van der Waals surface area contributed by atoms with Crippen molar-refractivity contribution in [3.05, 3.63) is 48.5 Å². The zero-order chi connectivity index (χ0) is 17.5. The second kappa shape index (κ2) is 9.36. The summed E-state index contributed by atoms with van der Waals surface area (Å²) >= 11 is 3.24. The number of alkyl halides is 1. The number of benzene rings is 2. The van der Waals surface area contributed by atoms with Crippen LogP contribution in [0.25, 0.3) is 0 Å². The molecule has 0 aromatic heterocycles. The smallest absolute Gasteiger partial charge is 0.132 e. The van der Waals surface area contributed by atoms with Gasteiger partial charge in [-0.1, -0.05) is 24.3 Å². The molecule has 1 N–H and O–H groups in total. The van der Waals surface area contributed by atoms with Gasteiger partial charge in [0.25, 0.3) is 0 Å². The molecule has 0 radical (unpaired) electrons. The number of halogens is 1. The first-order valence-corrected chi connectivity index (χ1v) is 10.2. The van der Waals surface area contributed by atoms with Crippen molar-refractivity contribution >= 4 is 23.5 Å². The van der Waals surface area contributed by atoms with Gasteiger partial charge in [-0.3, -0.25) is 0 Å². The SMILES string of the molecule is COc1ccccc1SC[C@@H](F)CN[C@@H]1COc2ccccc2SC1. The minimum Gasteiger partial charge on any atom is -0.496 e. The van der Waals surface area contributed by atoms with E-state index in [-0.39, 0.29) is 6.04 Å². The van der Waals surface area contributed by atoms with Gasteiger partial charge in [0.15, 0.2) is 0 Å². The van der Waals surface area contributed by atoms with Gasteiger partial charge in [-0.05, 0) is 24.3 Å². The molecule has 134 valence electrons. The van der Waals surface area contributed by atoms with Gasteiger partial charge in [0.05, 0.1) is 13.2 Å². The second-order valence-electron chi connectivity index (χ2n) is 5.73. The highest BCUT2D eigenvalue weighted by Crippen LogP contribution is 2.32. The van der Waals surface area contributed by atoms with E-state index in [4.69, 9.17) is 9.47 Å². The molecule has 0 aliphatic carbocycles. The van der Waals surface area contributed by atoms with Crippen LogP contribution in [0.3, 0.4) is 0 Å². The molecule has 0 fully saturated rings. The maximum absolute atomic E-state index is 14.3. The van der Waals surface area contributed by atoms with Crippen molar-refractivity contribution in [3.63, 3.8) is 0 Å². The number of fused-ring (bicyclic) bond motifs is 1. The number of nitrogens with one attached hydrogen (secondary N) is 1. The van der Waals surface area contributed by atoms with E-state index in [1.54, 1.807) is 18.9 Å². The minimum atomic E-state index is -0.925. The highest BCUT2D eigenvalue weighted by molar-refractivity contribution is 7.99. The lowest BCUT2D eigenvalue weighted by Gasteiger charge is -2.17. The molecule has 1 aliphatic rings. The first-order chi connectivity index (χ1) is 12.3. The average molecular weight is 380 g/mol. The van der Waals surface area contributed by atoms with Gasteiger partial charge in [-0.25, -0.2) is 4.39 Å². The number of hydrogen-bond donors (Lipinski definition) is 1. The van der Waals surface area contributed by atoms with E-state index in [1.165, 1.54) is 11.8 Å². The molecule has 3 rings (SSSR count). The Balaban J connectivity index is 1.43. The standard InChI is InChI=1S/C19H22FNO2S2/c1-22-16-6-2-4-8-18(16)24-12-14(20)10-21-15-11-23-17-7-3-5-9-19(17)25-13-15/h2-9,14-15,21H,10-13H2,1H3/t14-,15+/m0/s1. The van der Waals surface area contributed by atoms with Gasteiger partial charge in [0.1, 0.15) is 24.3 Å². The van der Waals surface area contributed by atoms with Crippen LogP contribution in [0.2, 0.25) is 0 Å². The summed E-state index contributed by atoms with van der Waals surface area (Å²) in [7, 11) is 1.63. The van der Waals surface area contributed by atoms with Crippen molar-refractivity contribution in [3.8, 4) is 11.5 Å². The Bertz CT molecular complexity index is 659. The number of ether oxygens (including phenoxy) is 2. The van der Waals surface area contributed by atoms with E-state index in [9.17, 15) is 4.39 Å². The van der Waals surface area contributed by atoms with Crippen LogP contribution in [0.4, 0.5) is 4.39 Å². The Morgan fingerprint density at radius 2 is 2.08 bits per heavy atom. The first kappa shape index (κ1) is 18.4. The summed E-state index contributed by atoms with van der Waals surface area (Å²) in [4.78, 5) is 2.12. The maximum Gasteiger partial charge on any atom is 0.132 e. The summed E-state index contributed by atoms with van der Waals surface area (Å²) in [6.07, 6.45) is -0.925. The minimum absolute atomic E-state index is 0.145. The molecule has 1 heterocycles. The van der Waals surface area contributed by atoms with E-state index in [1.807, 2.05) is 42.5 Å². The monoisotopic (exact) mass is 379 g/mol. The van der Waals surface area contributed by atoms with Gasteiger partial charge < -0.3 is 14.8 Å². The highest BCUT2D eigenvalue weighted by Gasteiger charge is 2.18. The molecular formula is C19H22FNO2S2. The normalized spacial score (nSPS) is 17.9. The average Bonchev–Trinajstić information content (AvgIpc) is 2.87. The maximum atomic E-state index is 14.3. The van der Waals surface area contributed by atoms with E-state index >= 15 is 0 Å². The molecule has 3 nitrogen and oxygen atoms in total. The van der Waals surface area contributed by atoms with Crippen LogP contribution in [0, 0.1) is 0 Å². The van der Waals surface area contributed by atoms with E-state index in [0.717, 1.165) is 27.0 Å². The van der Waals surface area contributed by atoms with Crippen LogP contribution >= 0.6 is 23.5 Å². The van der Waals surface area contributed by atoms with Gasteiger partial charge in [-0.15, -0.1) is 23.5 Å². The topological polar surface area (TPSA) is 30.5 Å². The second-order valence-corrected chi connectivity index (χ2v) is 7.86. The van der Waals surface area contributed by atoms with Gasteiger partial charge >= 0.3 is 0 Å². The van der Waals surface area contributed by atoms with Crippen LogP contribution < -0.4 is 14.8 Å².